The van der Waals surface area contributed by atoms with Gasteiger partial charge in [0, 0.05) is 35.1 Å². The summed E-state index contributed by atoms with van der Waals surface area (Å²) in [5.74, 6) is 1.63. The molecular formula is C14H18N2O2. The second kappa shape index (κ2) is 3.92. The Morgan fingerprint density at radius 1 is 1.22 bits per heavy atom. The first kappa shape index (κ1) is 11.4. The maximum absolute atomic E-state index is 5.86. The van der Waals surface area contributed by atoms with Gasteiger partial charge in [-0.05, 0) is 11.6 Å². The molecule has 0 unspecified atom stereocenters. The molecule has 96 valence electrons. The number of rotatable bonds is 2. The number of H-pyrrole nitrogens is 1. The minimum atomic E-state index is -0.0536. The van der Waals surface area contributed by atoms with Crippen LogP contribution in [0, 0.1) is 0 Å². The molecule has 0 spiro atoms. The number of nitrogens with one attached hydrogen (secondary N) is 1. The molecule has 0 bridgehead atoms. The van der Waals surface area contributed by atoms with Crippen molar-refractivity contribution in [2.75, 3.05) is 19.8 Å². The molecule has 1 aromatic heterocycles. The smallest absolute Gasteiger partial charge is 0.163 e. The van der Waals surface area contributed by atoms with Gasteiger partial charge in [-0.1, -0.05) is 13.8 Å². The van der Waals surface area contributed by atoms with E-state index in [1.54, 1.807) is 0 Å². The van der Waals surface area contributed by atoms with Gasteiger partial charge in [0.1, 0.15) is 13.2 Å². The van der Waals surface area contributed by atoms with Crippen molar-refractivity contribution >= 4 is 10.9 Å². The van der Waals surface area contributed by atoms with Crippen LogP contribution in [0.2, 0.25) is 0 Å². The molecule has 2 aromatic rings. The van der Waals surface area contributed by atoms with E-state index in [1.165, 1.54) is 5.56 Å². The fraction of sp³-hybridized carbons (Fsp3) is 0.429. The van der Waals surface area contributed by atoms with Crippen molar-refractivity contribution in [3.8, 4) is 11.5 Å². The van der Waals surface area contributed by atoms with E-state index in [1.807, 2.05) is 18.3 Å². The Morgan fingerprint density at radius 3 is 2.56 bits per heavy atom. The number of benzene rings is 1. The lowest BCUT2D eigenvalue weighted by Crippen LogP contribution is -2.27. The first-order valence-electron chi connectivity index (χ1n) is 6.23. The fourth-order valence-electron chi connectivity index (χ4n) is 2.33. The zero-order valence-electron chi connectivity index (χ0n) is 10.7. The average Bonchev–Trinajstić information content (AvgIpc) is 2.79. The number of aromatic nitrogens is 1. The Balaban J connectivity index is 2.19. The predicted molar refractivity (Wildman–Crippen MR) is 71.4 cm³/mol. The maximum atomic E-state index is 5.86. The third-order valence-electron chi connectivity index (χ3n) is 3.58. The van der Waals surface area contributed by atoms with Gasteiger partial charge in [0.05, 0.1) is 0 Å². The molecule has 0 amide bonds. The van der Waals surface area contributed by atoms with Crippen LogP contribution in [0.1, 0.15) is 19.4 Å². The van der Waals surface area contributed by atoms with Crippen molar-refractivity contribution < 1.29 is 9.47 Å². The lowest BCUT2D eigenvalue weighted by molar-refractivity contribution is 0.172. The molecule has 18 heavy (non-hydrogen) atoms. The molecule has 0 atom stereocenters. The Kier molecular flexibility index (Phi) is 2.48. The van der Waals surface area contributed by atoms with Crippen LogP contribution in [-0.2, 0) is 5.41 Å². The highest BCUT2D eigenvalue weighted by molar-refractivity contribution is 5.87. The van der Waals surface area contributed by atoms with E-state index in [-0.39, 0.29) is 5.41 Å². The van der Waals surface area contributed by atoms with Gasteiger partial charge in [0.2, 0.25) is 0 Å². The molecule has 1 aromatic carbocycles. The van der Waals surface area contributed by atoms with Gasteiger partial charge >= 0.3 is 0 Å². The van der Waals surface area contributed by atoms with E-state index in [0.29, 0.717) is 19.8 Å². The largest absolute Gasteiger partial charge is 0.486 e. The van der Waals surface area contributed by atoms with Crippen molar-refractivity contribution in [3.63, 3.8) is 0 Å². The standard InChI is InChI=1S/C14H18N2O2/c1-14(2,8-15)10-7-16-11-6-13-12(5-9(10)11)17-3-4-18-13/h5-7,16H,3-4,8,15H2,1-2H3. The second-order valence-corrected chi connectivity index (χ2v) is 5.33. The highest BCUT2D eigenvalue weighted by atomic mass is 16.6. The summed E-state index contributed by atoms with van der Waals surface area (Å²) >= 11 is 0. The normalized spacial score (nSPS) is 15.1. The number of nitrogens with two attached hydrogens (primary N) is 1. The number of aromatic amines is 1. The predicted octanol–water partition coefficient (Wildman–Crippen LogP) is 2.18. The number of hydrogen-bond acceptors (Lipinski definition) is 3. The third kappa shape index (κ3) is 1.64. The lowest BCUT2D eigenvalue weighted by atomic mass is 9.84. The van der Waals surface area contributed by atoms with E-state index < -0.39 is 0 Å². The van der Waals surface area contributed by atoms with Gasteiger partial charge in [-0.3, -0.25) is 0 Å². The van der Waals surface area contributed by atoms with E-state index in [9.17, 15) is 0 Å². The zero-order chi connectivity index (χ0) is 12.8. The number of fused-ring (bicyclic) bond motifs is 2. The van der Waals surface area contributed by atoms with Crippen molar-refractivity contribution in [3.05, 3.63) is 23.9 Å². The summed E-state index contributed by atoms with van der Waals surface area (Å²) in [7, 11) is 0. The highest BCUT2D eigenvalue weighted by Crippen LogP contribution is 2.38. The maximum Gasteiger partial charge on any atom is 0.163 e. The van der Waals surface area contributed by atoms with Crippen LogP contribution in [0.25, 0.3) is 10.9 Å². The fourth-order valence-corrected chi connectivity index (χ4v) is 2.33. The number of hydrogen-bond donors (Lipinski definition) is 2. The lowest BCUT2D eigenvalue weighted by Gasteiger charge is -2.23. The van der Waals surface area contributed by atoms with Gasteiger partial charge in [-0.25, -0.2) is 0 Å². The van der Waals surface area contributed by atoms with E-state index >= 15 is 0 Å². The monoisotopic (exact) mass is 246 g/mol. The van der Waals surface area contributed by atoms with Crippen LogP contribution in [0.15, 0.2) is 18.3 Å². The Morgan fingerprint density at radius 2 is 1.89 bits per heavy atom. The van der Waals surface area contributed by atoms with E-state index in [0.717, 1.165) is 22.4 Å². The van der Waals surface area contributed by atoms with Crippen LogP contribution < -0.4 is 15.2 Å². The summed E-state index contributed by atoms with van der Waals surface area (Å²) in [6.45, 7) is 6.12. The van der Waals surface area contributed by atoms with Crippen molar-refractivity contribution in [2.24, 2.45) is 5.73 Å². The molecule has 0 radical (unpaired) electrons. The second-order valence-electron chi connectivity index (χ2n) is 5.33. The summed E-state index contributed by atoms with van der Waals surface area (Å²) in [5.41, 5.74) is 8.09. The SMILES string of the molecule is CC(C)(CN)c1c[nH]c2cc3c(cc12)OCCO3. The summed E-state index contributed by atoms with van der Waals surface area (Å²) < 4.78 is 11.2. The molecule has 0 saturated carbocycles. The summed E-state index contributed by atoms with van der Waals surface area (Å²) in [4.78, 5) is 3.29. The van der Waals surface area contributed by atoms with Crippen LogP contribution >= 0.6 is 0 Å². The van der Waals surface area contributed by atoms with Crippen LogP contribution in [0.3, 0.4) is 0 Å². The molecule has 0 aliphatic carbocycles. The van der Waals surface area contributed by atoms with Crippen molar-refractivity contribution in [1.82, 2.24) is 4.98 Å². The summed E-state index contributed by atoms with van der Waals surface area (Å²) in [5, 5.41) is 1.16. The van der Waals surface area contributed by atoms with Gasteiger partial charge in [-0.2, -0.15) is 0 Å². The van der Waals surface area contributed by atoms with E-state index in [2.05, 4.69) is 18.8 Å². The topological polar surface area (TPSA) is 60.3 Å². The summed E-state index contributed by atoms with van der Waals surface area (Å²) in [6, 6.07) is 4.05. The molecule has 0 saturated heterocycles. The van der Waals surface area contributed by atoms with Gasteiger partial charge in [0.25, 0.3) is 0 Å². The van der Waals surface area contributed by atoms with E-state index in [4.69, 9.17) is 15.2 Å². The number of ether oxygens (including phenoxy) is 2. The van der Waals surface area contributed by atoms with Gasteiger partial charge < -0.3 is 20.2 Å². The molecule has 2 heterocycles. The van der Waals surface area contributed by atoms with Crippen LogP contribution in [-0.4, -0.2) is 24.7 Å². The summed E-state index contributed by atoms with van der Waals surface area (Å²) in [6.07, 6.45) is 2.03. The third-order valence-corrected chi connectivity index (χ3v) is 3.58. The molecule has 3 N–H and O–H groups in total. The zero-order valence-corrected chi connectivity index (χ0v) is 10.7. The molecule has 1 aliphatic rings. The Bertz CT molecular complexity index is 587. The van der Waals surface area contributed by atoms with Gasteiger partial charge in [0.15, 0.2) is 11.5 Å². The molecule has 4 heteroatoms. The van der Waals surface area contributed by atoms with Crippen LogP contribution in [0.5, 0.6) is 11.5 Å². The first-order chi connectivity index (χ1) is 8.62. The van der Waals surface area contributed by atoms with Gasteiger partial charge in [-0.15, -0.1) is 0 Å². The highest BCUT2D eigenvalue weighted by Gasteiger charge is 2.24. The first-order valence-corrected chi connectivity index (χ1v) is 6.23. The molecular weight excluding hydrogens is 228 g/mol. The average molecular weight is 246 g/mol. The molecule has 3 rings (SSSR count). The minimum Gasteiger partial charge on any atom is -0.486 e. The van der Waals surface area contributed by atoms with Crippen molar-refractivity contribution in [1.29, 1.82) is 0 Å². The molecule has 4 nitrogen and oxygen atoms in total. The van der Waals surface area contributed by atoms with Crippen molar-refractivity contribution in [2.45, 2.75) is 19.3 Å². The Labute approximate surface area is 106 Å². The molecule has 1 aliphatic heterocycles. The Hall–Kier alpha value is -1.68. The quantitative estimate of drug-likeness (QED) is 0.853. The molecule has 0 fully saturated rings. The van der Waals surface area contributed by atoms with Crippen LogP contribution in [0.4, 0.5) is 0 Å². The minimum absolute atomic E-state index is 0.0536.